The van der Waals surface area contributed by atoms with Crippen molar-refractivity contribution in [3.8, 4) is 5.75 Å². The SMILES string of the molecule is COCCn1cnc2c1c(=O)n(CC(=O)Nc1ccccc1OC(F)F)c(=O)n2Cc1ccccc1. The Balaban J connectivity index is 1.74. The summed E-state index contributed by atoms with van der Waals surface area (Å²) in [7, 11) is 1.52. The third-order valence-corrected chi connectivity index (χ3v) is 5.38. The molecule has 0 aliphatic carbocycles. The molecule has 0 saturated heterocycles. The van der Waals surface area contributed by atoms with E-state index in [9.17, 15) is 23.2 Å². The van der Waals surface area contributed by atoms with Crippen LogP contribution < -0.4 is 21.3 Å². The van der Waals surface area contributed by atoms with E-state index < -0.39 is 30.3 Å². The Morgan fingerprint density at radius 3 is 2.50 bits per heavy atom. The zero-order valence-electron chi connectivity index (χ0n) is 19.3. The maximum absolute atomic E-state index is 13.4. The number of para-hydroxylation sites is 2. The van der Waals surface area contributed by atoms with E-state index in [4.69, 9.17) is 4.74 Å². The summed E-state index contributed by atoms with van der Waals surface area (Å²) in [4.78, 5) is 43.8. The smallest absolute Gasteiger partial charge is 0.387 e. The molecule has 0 fully saturated rings. The van der Waals surface area contributed by atoms with Crippen LogP contribution in [0.5, 0.6) is 5.75 Å². The predicted octanol–water partition coefficient (Wildman–Crippen LogP) is 2.29. The Bertz CT molecular complexity index is 1480. The summed E-state index contributed by atoms with van der Waals surface area (Å²) in [6, 6.07) is 14.7. The van der Waals surface area contributed by atoms with Crippen molar-refractivity contribution in [3.63, 3.8) is 0 Å². The number of aromatic nitrogens is 4. The van der Waals surface area contributed by atoms with Gasteiger partial charge in [0.05, 0.1) is 25.2 Å². The molecule has 0 radical (unpaired) electrons. The number of carbonyl (C=O) groups is 1. The molecule has 0 bridgehead atoms. The van der Waals surface area contributed by atoms with Crippen LogP contribution in [-0.4, -0.2) is 44.9 Å². The van der Waals surface area contributed by atoms with Gasteiger partial charge in [-0.2, -0.15) is 8.78 Å². The molecule has 188 valence electrons. The second-order valence-electron chi connectivity index (χ2n) is 7.77. The number of methoxy groups -OCH3 is 1. The summed E-state index contributed by atoms with van der Waals surface area (Å²) in [5, 5.41) is 2.43. The first-order valence-electron chi connectivity index (χ1n) is 10.9. The molecule has 0 saturated carbocycles. The van der Waals surface area contributed by atoms with E-state index in [0.29, 0.717) is 13.2 Å². The maximum atomic E-state index is 13.4. The van der Waals surface area contributed by atoms with Gasteiger partial charge in [0.2, 0.25) is 5.91 Å². The first kappa shape index (κ1) is 24.8. The Hall–Kier alpha value is -4.32. The molecule has 0 aliphatic rings. The number of carbonyl (C=O) groups excluding carboxylic acids is 1. The molecule has 0 spiro atoms. The Labute approximate surface area is 203 Å². The van der Waals surface area contributed by atoms with Crippen molar-refractivity contribution in [2.24, 2.45) is 0 Å². The molecule has 4 rings (SSSR count). The highest BCUT2D eigenvalue weighted by molar-refractivity contribution is 5.92. The fourth-order valence-corrected chi connectivity index (χ4v) is 3.75. The number of alkyl halides is 2. The van der Waals surface area contributed by atoms with E-state index in [1.807, 2.05) is 30.3 Å². The molecule has 0 aliphatic heterocycles. The van der Waals surface area contributed by atoms with Gasteiger partial charge in [-0.3, -0.25) is 14.2 Å². The lowest BCUT2D eigenvalue weighted by Crippen LogP contribution is -2.43. The number of fused-ring (bicyclic) bond motifs is 1. The highest BCUT2D eigenvalue weighted by atomic mass is 19.3. The van der Waals surface area contributed by atoms with Crippen LogP contribution >= 0.6 is 0 Å². The number of amides is 1. The second-order valence-corrected chi connectivity index (χ2v) is 7.77. The highest BCUT2D eigenvalue weighted by Crippen LogP contribution is 2.25. The van der Waals surface area contributed by atoms with E-state index in [-0.39, 0.29) is 29.1 Å². The summed E-state index contributed by atoms with van der Waals surface area (Å²) in [5.74, 6) is -1.02. The highest BCUT2D eigenvalue weighted by Gasteiger charge is 2.21. The van der Waals surface area contributed by atoms with Gasteiger partial charge >= 0.3 is 12.3 Å². The fourth-order valence-electron chi connectivity index (χ4n) is 3.75. The van der Waals surface area contributed by atoms with Crippen LogP contribution in [0.1, 0.15) is 5.56 Å². The van der Waals surface area contributed by atoms with Crippen LogP contribution in [0.4, 0.5) is 14.5 Å². The Kier molecular flexibility index (Phi) is 7.54. The van der Waals surface area contributed by atoms with Gasteiger partial charge in [0.15, 0.2) is 11.2 Å². The van der Waals surface area contributed by atoms with Crippen LogP contribution in [0.3, 0.4) is 0 Å². The fraction of sp³-hybridized carbons (Fsp3) is 0.250. The molecule has 36 heavy (non-hydrogen) atoms. The number of nitrogens with zero attached hydrogens (tertiary/aromatic N) is 4. The summed E-state index contributed by atoms with van der Waals surface area (Å²) in [6.07, 6.45) is 1.44. The topological polar surface area (TPSA) is 109 Å². The van der Waals surface area contributed by atoms with Gasteiger partial charge < -0.3 is 19.4 Å². The Morgan fingerprint density at radius 2 is 1.78 bits per heavy atom. The molecule has 2 heterocycles. The van der Waals surface area contributed by atoms with Gasteiger partial charge in [-0.15, -0.1) is 0 Å². The first-order valence-corrected chi connectivity index (χ1v) is 10.9. The van der Waals surface area contributed by atoms with Crippen molar-refractivity contribution in [2.45, 2.75) is 26.2 Å². The lowest BCUT2D eigenvalue weighted by Gasteiger charge is -2.14. The number of ether oxygens (including phenoxy) is 2. The van der Waals surface area contributed by atoms with E-state index in [2.05, 4.69) is 15.0 Å². The number of benzene rings is 2. The third-order valence-electron chi connectivity index (χ3n) is 5.38. The lowest BCUT2D eigenvalue weighted by molar-refractivity contribution is -0.116. The molecule has 1 amide bonds. The molecule has 0 unspecified atom stereocenters. The minimum Gasteiger partial charge on any atom is -0.433 e. The van der Waals surface area contributed by atoms with E-state index in [1.165, 1.54) is 42.3 Å². The average Bonchev–Trinajstić information content (AvgIpc) is 3.28. The monoisotopic (exact) mass is 499 g/mol. The molecular weight excluding hydrogens is 476 g/mol. The van der Waals surface area contributed by atoms with Crippen molar-refractivity contribution >= 4 is 22.8 Å². The largest absolute Gasteiger partial charge is 0.433 e. The number of imidazole rings is 1. The number of rotatable bonds is 10. The minimum atomic E-state index is -3.09. The van der Waals surface area contributed by atoms with Crippen molar-refractivity contribution < 1.29 is 23.0 Å². The number of anilines is 1. The zero-order chi connectivity index (χ0) is 25.7. The maximum Gasteiger partial charge on any atom is 0.387 e. The molecular formula is C24H23F2N5O5. The normalized spacial score (nSPS) is 11.2. The van der Waals surface area contributed by atoms with Gasteiger partial charge in [0.25, 0.3) is 5.56 Å². The summed E-state index contributed by atoms with van der Waals surface area (Å²) in [5.41, 5.74) is -0.360. The summed E-state index contributed by atoms with van der Waals surface area (Å²) >= 11 is 0. The number of hydrogen-bond donors (Lipinski definition) is 1. The molecule has 2 aromatic heterocycles. The Morgan fingerprint density at radius 1 is 1.06 bits per heavy atom. The van der Waals surface area contributed by atoms with Gasteiger partial charge in [-0.1, -0.05) is 42.5 Å². The van der Waals surface area contributed by atoms with Gasteiger partial charge in [-0.25, -0.2) is 14.3 Å². The number of nitrogens with one attached hydrogen (secondary N) is 1. The van der Waals surface area contributed by atoms with Crippen molar-refractivity contribution in [1.82, 2.24) is 18.7 Å². The predicted molar refractivity (Wildman–Crippen MR) is 127 cm³/mol. The summed E-state index contributed by atoms with van der Waals surface area (Å²) in [6.45, 7) is -3.03. The molecule has 12 heteroatoms. The molecule has 2 aromatic carbocycles. The van der Waals surface area contributed by atoms with E-state index >= 15 is 0 Å². The minimum absolute atomic E-state index is 0.0216. The molecule has 0 atom stereocenters. The van der Waals surface area contributed by atoms with Crippen molar-refractivity contribution in [3.05, 3.63) is 87.3 Å². The van der Waals surface area contributed by atoms with Crippen LogP contribution in [0.15, 0.2) is 70.5 Å². The number of halogens is 2. The standard InChI is InChI=1S/C24H23F2N5O5/c1-35-12-11-29-15-27-21-20(29)22(33)31(24(34)30(21)13-16-7-3-2-4-8-16)14-19(32)28-17-9-5-6-10-18(17)36-23(25)26/h2-10,15,23H,11-14H2,1H3,(H,28,32). The zero-order valence-corrected chi connectivity index (χ0v) is 19.3. The van der Waals surface area contributed by atoms with Crippen LogP contribution in [0, 0.1) is 0 Å². The van der Waals surface area contributed by atoms with Crippen LogP contribution in [0.2, 0.25) is 0 Å². The average molecular weight is 499 g/mol. The van der Waals surface area contributed by atoms with Crippen molar-refractivity contribution in [2.75, 3.05) is 19.0 Å². The first-order chi connectivity index (χ1) is 17.4. The van der Waals surface area contributed by atoms with Crippen LogP contribution in [0.25, 0.3) is 11.2 Å². The quantitative estimate of drug-likeness (QED) is 0.359. The number of hydrogen-bond acceptors (Lipinski definition) is 6. The molecule has 1 N–H and O–H groups in total. The lowest BCUT2D eigenvalue weighted by atomic mass is 10.2. The third kappa shape index (κ3) is 5.33. The van der Waals surface area contributed by atoms with E-state index in [0.717, 1.165) is 10.1 Å². The van der Waals surface area contributed by atoms with Gasteiger partial charge in [-0.05, 0) is 17.7 Å². The van der Waals surface area contributed by atoms with Crippen molar-refractivity contribution in [1.29, 1.82) is 0 Å². The van der Waals surface area contributed by atoms with Gasteiger partial charge in [0.1, 0.15) is 12.3 Å². The van der Waals surface area contributed by atoms with Gasteiger partial charge in [0, 0.05) is 13.7 Å². The molecule has 10 nitrogen and oxygen atoms in total. The summed E-state index contributed by atoms with van der Waals surface area (Å²) < 4.78 is 38.6. The van der Waals surface area contributed by atoms with E-state index in [1.54, 1.807) is 4.57 Å². The second kappa shape index (κ2) is 11.0. The molecule has 4 aromatic rings. The van der Waals surface area contributed by atoms with Crippen LogP contribution in [-0.2, 0) is 29.2 Å².